The Bertz CT molecular complexity index is 1060. The number of anilines is 1. The minimum Gasteiger partial charge on any atom is -0.345 e. The van der Waals surface area contributed by atoms with Gasteiger partial charge in [0.2, 0.25) is 5.91 Å². The van der Waals surface area contributed by atoms with Crippen LogP contribution < -0.4 is 4.90 Å². The molecule has 0 aliphatic carbocycles. The van der Waals surface area contributed by atoms with Crippen LogP contribution in [0.15, 0.2) is 73.1 Å². The van der Waals surface area contributed by atoms with Crippen LogP contribution in [0.1, 0.15) is 31.8 Å². The number of rotatable bonds is 6. The number of nitrogens with zero attached hydrogens (tertiary/aromatic N) is 3. The third-order valence-electron chi connectivity index (χ3n) is 5.25. The summed E-state index contributed by atoms with van der Waals surface area (Å²) in [6, 6.07) is 17.7. The normalized spacial score (nSPS) is 12.8. The summed E-state index contributed by atoms with van der Waals surface area (Å²) in [6.07, 6.45) is 4.51. The number of amides is 3. The van der Waals surface area contributed by atoms with Gasteiger partial charge in [-0.25, -0.2) is 4.90 Å². The zero-order valence-corrected chi connectivity index (χ0v) is 16.6. The van der Waals surface area contributed by atoms with Crippen LogP contribution in [0.5, 0.6) is 0 Å². The molecule has 2 heterocycles. The summed E-state index contributed by atoms with van der Waals surface area (Å²) < 4.78 is 0. The van der Waals surface area contributed by atoms with Crippen LogP contribution in [0.3, 0.4) is 0 Å². The summed E-state index contributed by atoms with van der Waals surface area (Å²) in [7, 11) is 1.79. The third-order valence-corrected chi connectivity index (χ3v) is 5.25. The molecule has 1 aromatic heterocycles. The van der Waals surface area contributed by atoms with Gasteiger partial charge in [-0.05, 0) is 53.9 Å². The van der Waals surface area contributed by atoms with E-state index in [4.69, 9.17) is 0 Å². The Hall–Kier alpha value is -3.80. The maximum Gasteiger partial charge on any atom is 0.266 e. The number of benzene rings is 2. The van der Waals surface area contributed by atoms with Gasteiger partial charge in [-0.15, -0.1) is 0 Å². The molecule has 0 spiro atoms. The second-order valence-corrected chi connectivity index (χ2v) is 7.26. The average Bonchev–Trinajstić information content (AvgIpc) is 3.04. The Morgan fingerprint density at radius 3 is 2.07 bits per heavy atom. The number of imide groups is 1. The largest absolute Gasteiger partial charge is 0.345 e. The Balaban J connectivity index is 1.39. The van der Waals surface area contributed by atoms with Crippen LogP contribution in [0.2, 0.25) is 0 Å². The van der Waals surface area contributed by atoms with E-state index in [0.29, 0.717) is 23.4 Å². The summed E-state index contributed by atoms with van der Waals surface area (Å²) in [4.78, 5) is 44.6. The summed E-state index contributed by atoms with van der Waals surface area (Å²) in [5.74, 6) is -0.636. The van der Waals surface area contributed by atoms with Crippen molar-refractivity contribution in [3.8, 4) is 0 Å². The lowest BCUT2D eigenvalue weighted by molar-refractivity contribution is -0.129. The fourth-order valence-electron chi connectivity index (χ4n) is 3.47. The van der Waals surface area contributed by atoms with Gasteiger partial charge in [0.1, 0.15) is 0 Å². The number of pyridine rings is 1. The molecule has 0 atom stereocenters. The molecule has 6 heteroatoms. The topological polar surface area (TPSA) is 70.6 Å². The van der Waals surface area contributed by atoms with E-state index in [1.807, 2.05) is 12.1 Å². The van der Waals surface area contributed by atoms with Gasteiger partial charge in [0.25, 0.3) is 11.8 Å². The lowest BCUT2D eigenvalue weighted by Crippen LogP contribution is -2.30. The van der Waals surface area contributed by atoms with Crippen molar-refractivity contribution in [3.05, 3.63) is 95.3 Å². The lowest BCUT2D eigenvalue weighted by Gasteiger charge is -2.18. The molecule has 1 aliphatic heterocycles. The maximum atomic E-state index is 12.6. The van der Waals surface area contributed by atoms with E-state index < -0.39 is 0 Å². The second kappa shape index (κ2) is 8.29. The molecular formula is C24H21N3O3. The van der Waals surface area contributed by atoms with Crippen molar-refractivity contribution in [2.24, 2.45) is 0 Å². The predicted molar refractivity (Wildman–Crippen MR) is 113 cm³/mol. The highest BCUT2D eigenvalue weighted by atomic mass is 16.2. The summed E-state index contributed by atoms with van der Waals surface area (Å²) in [6.45, 7) is 0.621. The summed E-state index contributed by atoms with van der Waals surface area (Å²) in [5, 5.41) is 0. The van der Waals surface area contributed by atoms with Crippen molar-refractivity contribution in [3.63, 3.8) is 0 Å². The first-order valence-corrected chi connectivity index (χ1v) is 9.74. The number of hydrogen-bond donors (Lipinski definition) is 0. The van der Waals surface area contributed by atoms with Gasteiger partial charge in [-0.3, -0.25) is 19.4 Å². The highest BCUT2D eigenvalue weighted by molar-refractivity contribution is 6.34. The molecule has 0 N–H and O–H groups in total. The van der Waals surface area contributed by atoms with Crippen LogP contribution in [-0.2, 0) is 17.6 Å². The fraction of sp³-hybridized carbons (Fsp3) is 0.167. The molecule has 0 unspecified atom stereocenters. The molecule has 30 heavy (non-hydrogen) atoms. The number of carbonyl (C=O) groups excluding carboxylic acids is 3. The maximum absolute atomic E-state index is 12.6. The van der Waals surface area contributed by atoms with Crippen LogP contribution in [-0.4, -0.2) is 41.2 Å². The monoisotopic (exact) mass is 399 g/mol. The molecule has 0 saturated carbocycles. The zero-order chi connectivity index (χ0) is 21.1. The number of fused-ring (bicyclic) bond motifs is 1. The first-order chi connectivity index (χ1) is 14.5. The van der Waals surface area contributed by atoms with Gasteiger partial charge in [0.15, 0.2) is 0 Å². The Morgan fingerprint density at radius 2 is 1.47 bits per heavy atom. The van der Waals surface area contributed by atoms with Gasteiger partial charge >= 0.3 is 0 Å². The minimum atomic E-state index is -0.324. The molecule has 0 radical (unpaired) electrons. The van der Waals surface area contributed by atoms with Gasteiger partial charge in [0.05, 0.1) is 23.2 Å². The summed E-state index contributed by atoms with van der Waals surface area (Å²) in [5.41, 5.74) is 3.30. The SMILES string of the molecule is CN(CCc1ccncc1)C(=O)Cc1ccc(N2C(=O)c3ccccc3C2=O)cc1. The van der Waals surface area contributed by atoms with Crippen LogP contribution in [0.25, 0.3) is 0 Å². The van der Waals surface area contributed by atoms with Crippen molar-refractivity contribution in [2.75, 3.05) is 18.5 Å². The highest BCUT2D eigenvalue weighted by Crippen LogP contribution is 2.28. The first-order valence-electron chi connectivity index (χ1n) is 9.74. The number of carbonyl (C=O) groups is 3. The molecule has 4 rings (SSSR count). The predicted octanol–water partition coefficient (Wildman–Crippen LogP) is 3.13. The Kier molecular flexibility index (Phi) is 5.39. The molecular weight excluding hydrogens is 378 g/mol. The van der Waals surface area contributed by atoms with Crippen molar-refractivity contribution in [2.45, 2.75) is 12.8 Å². The van der Waals surface area contributed by atoms with E-state index in [2.05, 4.69) is 4.98 Å². The van der Waals surface area contributed by atoms with Crippen molar-refractivity contribution in [1.29, 1.82) is 0 Å². The van der Waals surface area contributed by atoms with E-state index in [9.17, 15) is 14.4 Å². The lowest BCUT2D eigenvalue weighted by atomic mass is 10.1. The van der Waals surface area contributed by atoms with E-state index in [-0.39, 0.29) is 24.1 Å². The second-order valence-electron chi connectivity index (χ2n) is 7.26. The van der Waals surface area contributed by atoms with E-state index in [0.717, 1.165) is 17.5 Å². The molecule has 0 fully saturated rings. The molecule has 150 valence electrons. The number of likely N-dealkylation sites (N-methyl/N-ethyl adjacent to an activating group) is 1. The van der Waals surface area contributed by atoms with Crippen LogP contribution in [0, 0.1) is 0 Å². The van der Waals surface area contributed by atoms with E-state index in [1.165, 1.54) is 4.90 Å². The summed E-state index contributed by atoms with van der Waals surface area (Å²) >= 11 is 0. The molecule has 3 amide bonds. The van der Waals surface area contributed by atoms with Gasteiger partial charge < -0.3 is 4.90 Å². The fourth-order valence-corrected chi connectivity index (χ4v) is 3.47. The molecule has 0 bridgehead atoms. The highest BCUT2D eigenvalue weighted by Gasteiger charge is 2.36. The standard InChI is InChI=1S/C24H21N3O3/c1-26(15-12-17-10-13-25-14-11-17)22(28)16-18-6-8-19(9-7-18)27-23(29)20-4-2-3-5-21(20)24(27)30/h2-11,13-14H,12,15-16H2,1H3. The zero-order valence-electron chi connectivity index (χ0n) is 16.6. The Labute approximate surface area is 174 Å². The first kappa shape index (κ1) is 19.5. The van der Waals surface area contributed by atoms with Crippen molar-refractivity contribution >= 4 is 23.4 Å². The van der Waals surface area contributed by atoms with Crippen LogP contribution >= 0.6 is 0 Å². The number of aromatic nitrogens is 1. The van der Waals surface area contributed by atoms with Gasteiger partial charge in [-0.1, -0.05) is 24.3 Å². The average molecular weight is 399 g/mol. The molecule has 3 aromatic rings. The molecule has 1 aliphatic rings. The van der Waals surface area contributed by atoms with Gasteiger partial charge in [-0.2, -0.15) is 0 Å². The van der Waals surface area contributed by atoms with Crippen LogP contribution in [0.4, 0.5) is 5.69 Å². The van der Waals surface area contributed by atoms with Crippen molar-refractivity contribution < 1.29 is 14.4 Å². The van der Waals surface area contributed by atoms with Gasteiger partial charge in [0, 0.05) is 26.0 Å². The van der Waals surface area contributed by atoms with Crippen molar-refractivity contribution in [1.82, 2.24) is 9.88 Å². The smallest absolute Gasteiger partial charge is 0.266 e. The van der Waals surface area contributed by atoms with E-state index in [1.54, 1.807) is 72.9 Å². The van der Waals surface area contributed by atoms with E-state index >= 15 is 0 Å². The molecule has 6 nitrogen and oxygen atoms in total. The number of hydrogen-bond acceptors (Lipinski definition) is 4. The molecule has 2 aromatic carbocycles. The third kappa shape index (κ3) is 3.85. The Morgan fingerprint density at radius 1 is 0.867 bits per heavy atom. The quantitative estimate of drug-likeness (QED) is 0.597. The minimum absolute atomic E-state index is 0.0116. The molecule has 0 saturated heterocycles.